The average Bonchev–Trinajstić information content (AvgIpc) is 2.47. The first kappa shape index (κ1) is 15.8. The van der Waals surface area contributed by atoms with E-state index in [1.54, 1.807) is 0 Å². The van der Waals surface area contributed by atoms with Gasteiger partial charge in [-0.2, -0.15) is 0 Å². The van der Waals surface area contributed by atoms with Crippen LogP contribution in [0.2, 0.25) is 5.02 Å². The van der Waals surface area contributed by atoms with Crippen LogP contribution in [-0.4, -0.2) is 36.7 Å². The molecule has 114 valence electrons. The fraction of sp³-hybridized carbons (Fsp3) is 0.429. The number of halogens is 1. The molecule has 7 heteroatoms. The highest BCUT2D eigenvalue weighted by Gasteiger charge is 2.38. The maximum Gasteiger partial charge on any atom is 0.335 e. The minimum absolute atomic E-state index is 0.0200. The minimum Gasteiger partial charge on any atom is -0.478 e. The Bertz CT molecular complexity index is 556. The molecule has 1 saturated heterocycles. The third-order valence-corrected chi connectivity index (χ3v) is 3.94. The average molecular weight is 313 g/mol. The lowest BCUT2D eigenvalue weighted by molar-refractivity contribution is -0.130. The number of hydrogen-bond acceptors (Lipinski definition) is 4. The van der Waals surface area contributed by atoms with Crippen molar-refractivity contribution in [1.82, 2.24) is 0 Å². The molecule has 6 nitrogen and oxygen atoms in total. The summed E-state index contributed by atoms with van der Waals surface area (Å²) >= 11 is 5.87. The molecule has 0 unspecified atom stereocenters. The number of nitrogens with two attached hydrogens (primary N) is 1. The first-order chi connectivity index (χ1) is 9.97. The number of hydrogen-bond donors (Lipinski definition) is 3. The Morgan fingerprint density at radius 3 is 2.57 bits per heavy atom. The Morgan fingerprint density at radius 2 is 2.00 bits per heavy atom. The van der Waals surface area contributed by atoms with Gasteiger partial charge in [0.05, 0.1) is 11.0 Å². The molecule has 1 aromatic carbocycles. The van der Waals surface area contributed by atoms with E-state index in [0.717, 1.165) is 0 Å². The maximum atomic E-state index is 12.5. The summed E-state index contributed by atoms with van der Waals surface area (Å²) < 4.78 is 5.26. The number of carbonyl (C=O) groups excluding carboxylic acids is 1. The molecule has 1 amide bonds. The number of carboxylic acids is 1. The van der Waals surface area contributed by atoms with Gasteiger partial charge in [0.2, 0.25) is 5.91 Å². The SMILES string of the molecule is NCC1(C(=O)Nc2cc(Cl)cc(C(=O)O)c2)CCOCC1. The van der Waals surface area contributed by atoms with E-state index in [9.17, 15) is 9.59 Å². The fourth-order valence-electron chi connectivity index (χ4n) is 2.33. The van der Waals surface area contributed by atoms with Gasteiger partial charge >= 0.3 is 5.97 Å². The van der Waals surface area contributed by atoms with Crippen LogP contribution >= 0.6 is 11.6 Å². The van der Waals surface area contributed by atoms with Crippen molar-refractivity contribution in [2.45, 2.75) is 12.8 Å². The van der Waals surface area contributed by atoms with Gasteiger partial charge in [0.25, 0.3) is 0 Å². The first-order valence-electron chi connectivity index (χ1n) is 6.60. The Kier molecular flexibility index (Phi) is 4.82. The molecule has 0 aliphatic carbocycles. The van der Waals surface area contributed by atoms with Gasteiger partial charge in [-0.05, 0) is 31.0 Å². The molecule has 1 aromatic rings. The number of ether oxygens (including phenoxy) is 1. The predicted molar refractivity (Wildman–Crippen MR) is 78.6 cm³/mol. The second kappa shape index (κ2) is 6.43. The van der Waals surface area contributed by atoms with Crippen LogP contribution in [-0.2, 0) is 9.53 Å². The smallest absolute Gasteiger partial charge is 0.335 e. The third-order valence-electron chi connectivity index (χ3n) is 3.72. The van der Waals surface area contributed by atoms with Gasteiger partial charge in [0.15, 0.2) is 0 Å². The second-order valence-electron chi connectivity index (χ2n) is 5.08. The molecule has 2 rings (SSSR count). The summed E-state index contributed by atoms with van der Waals surface area (Å²) in [5, 5.41) is 12.0. The molecule has 4 N–H and O–H groups in total. The topological polar surface area (TPSA) is 102 Å². The first-order valence-corrected chi connectivity index (χ1v) is 6.98. The lowest BCUT2D eigenvalue weighted by atomic mass is 9.79. The van der Waals surface area contributed by atoms with Crippen molar-refractivity contribution in [3.8, 4) is 0 Å². The Morgan fingerprint density at radius 1 is 1.33 bits per heavy atom. The highest BCUT2D eigenvalue weighted by molar-refractivity contribution is 6.31. The van der Waals surface area contributed by atoms with Gasteiger partial charge < -0.3 is 20.9 Å². The lowest BCUT2D eigenvalue weighted by Crippen LogP contribution is -2.46. The van der Waals surface area contributed by atoms with E-state index in [-0.39, 0.29) is 23.0 Å². The van der Waals surface area contributed by atoms with Crippen molar-refractivity contribution in [2.24, 2.45) is 11.1 Å². The monoisotopic (exact) mass is 312 g/mol. The molecule has 1 aliphatic heterocycles. The zero-order chi connectivity index (χ0) is 15.5. The quantitative estimate of drug-likeness (QED) is 0.786. The number of aromatic carboxylic acids is 1. The van der Waals surface area contributed by atoms with Gasteiger partial charge in [-0.1, -0.05) is 11.6 Å². The zero-order valence-electron chi connectivity index (χ0n) is 11.4. The van der Waals surface area contributed by atoms with Gasteiger partial charge in [-0.15, -0.1) is 0 Å². The van der Waals surface area contributed by atoms with Crippen LogP contribution in [0.1, 0.15) is 23.2 Å². The number of nitrogens with one attached hydrogen (secondary N) is 1. The standard InChI is InChI=1S/C14H17ClN2O4/c15-10-5-9(12(18)19)6-11(7-10)17-13(20)14(8-16)1-3-21-4-2-14/h5-7H,1-4,8,16H2,(H,17,20)(H,18,19). The van der Waals surface area contributed by atoms with E-state index in [0.29, 0.717) is 31.7 Å². The highest BCUT2D eigenvalue weighted by Crippen LogP contribution is 2.31. The summed E-state index contributed by atoms with van der Waals surface area (Å²) in [4.78, 5) is 23.5. The van der Waals surface area contributed by atoms with Crippen molar-refractivity contribution in [3.05, 3.63) is 28.8 Å². The largest absolute Gasteiger partial charge is 0.478 e. The van der Waals surface area contributed by atoms with E-state index < -0.39 is 11.4 Å². The van der Waals surface area contributed by atoms with E-state index >= 15 is 0 Å². The van der Waals surface area contributed by atoms with Crippen LogP contribution < -0.4 is 11.1 Å². The summed E-state index contributed by atoms with van der Waals surface area (Å²) in [5.74, 6) is -1.33. The minimum atomic E-state index is -1.10. The Labute approximate surface area is 127 Å². The molecule has 1 fully saturated rings. The van der Waals surface area contributed by atoms with Gasteiger partial charge in [-0.25, -0.2) is 4.79 Å². The van der Waals surface area contributed by atoms with Crippen molar-refractivity contribution in [1.29, 1.82) is 0 Å². The summed E-state index contributed by atoms with van der Waals surface area (Å²) in [5.41, 5.74) is 5.46. The van der Waals surface area contributed by atoms with Crippen molar-refractivity contribution < 1.29 is 19.4 Å². The molecule has 0 atom stereocenters. The summed E-state index contributed by atoms with van der Waals surface area (Å²) in [7, 11) is 0. The molecular formula is C14H17ClN2O4. The summed E-state index contributed by atoms with van der Waals surface area (Å²) in [6.45, 7) is 1.19. The maximum absolute atomic E-state index is 12.5. The van der Waals surface area contributed by atoms with E-state index in [1.165, 1.54) is 18.2 Å². The van der Waals surface area contributed by atoms with Crippen molar-refractivity contribution >= 4 is 29.2 Å². The van der Waals surface area contributed by atoms with Gasteiger partial charge in [0.1, 0.15) is 0 Å². The molecule has 0 saturated carbocycles. The van der Waals surface area contributed by atoms with E-state index in [1.807, 2.05) is 0 Å². The van der Waals surface area contributed by atoms with Crippen LogP contribution in [0.25, 0.3) is 0 Å². The molecule has 0 aromatic heterocycles. The van der Waals surface area contributed by atoms with Crippen molar-refractivity contribution in [2.75, 3.05) is 25.1 Å². The molecule has 21 heavy (non-hydrogen) atoms. The van der Waals surface area contributed by atoms with Crippen LogP contribution in [0.3, 0.4) is 0 Å². The normalized spacial score (nSPS) is 17.2. The molecule has 0 bridgehead atoms. The van der Waals surface area contributed by atoms with E-state index in [4.69, 9.17) is 27.2 Å². The molecule has 1 heterocycles. The lowest BCUT2D eigenvalue weighted by Gasteiger charge is -2.34. The number of rotatable bonds is 4. The van der Waals surface area contributed by atoms with Crippen LogP contribution in [0.4, 0.5) is 5.69 Å². The fourth-order valence-corrected chi connectivity index (χ4v) is 2.57. The number of amides is 1. The van der Waals surface area contributed by atoms with Crippen LogP contribution in [0.5, 0.6) is 0 Å². The van der Waals surface area contributed by atoms with Crippen LogP contribution in [0, 0.1) is 5.41 Å². The second-order valence-corrected chi connectivity index (χ2v) is 5.52. The van der Waals surface area contributed by atoms with Crippen LogP contribution in [0.15, 0.2) is 18.2 Å². The Balaban J connectivity index is 2.20. The third kappa shape index (κ3) is 3.53. The highest BCUT2D eigenvalue weighted by atomic mass is 35.5. The van der Waals surface area contributed by atoms with E-state index in [2.05, 4.69) is 5.32 Å². The number of carboxylic acid groups (broad SMARTS) is 1. The molecule has 0 radical (unpaired) electrons. The summed E-state index contributed by atoms with van der Waals surface area (Å²) in [6, 6.07) is 4.21. The number of benzene rings is 1. The predicted octanol–water partition coefficient (Wildman–Crippen LogP) is 1.73. The number of anilines is 1. The molecule has 0 spiro atoms. The molecular weight excluding hydrogens is 296 g/mol. The zero-order valence-corrected chi connectivity index (χ0v) is 12.2. The molecule has 1 aliphatic rings. The van der Waals surface area contributed by atoms with Gasteiger partial charge in [-0.3, -0.25) is 4.79 Å². The number of carbonyl (C=O) groups is 2. The summed E-state index contributed by atoms with van der Waals surface area (Å²) in [6.07, 6.45) is 1.09. The van der Waals surface area contributed by atoms with Crippen molar-refractivity contribution in [3.63, 3.8) is 0 Å². The van der Waals surface area contributed by atoms with Gasteiger partial charge in [0, 0.05) is 30.5 Å². The Hall–Kier alpha value is -1.63.